The van der Waals surface area contributed by atoms with E-state index in [2.05, 4.69) is 21.3 Å². The van der Waals surface area contributed by atoms with E-state index < -0.39 is 40.1 Å². The van der Waals surface area contributed by atoms with Crippen LogP contribution >= 0.6 is 23.2 Å². The van der Waals surface area contributed by atoms with Gasteiger partial charge >= 0.3 is 0 Å². The number of hydrogen-bond donors (Lipinski definition) is 4. The fourth-order valence-corrected chi connectivity index (χ4v) is 3.55. The molecule has 0 radical (unpaired) electrons. The van der Waals surface area contributed by atoms with Crippen LogP contribution in [-0.2, 0) is 19.2 Å². The second-order valence-corrected chi connectivity index (χ2v) is 9.48. The van der Waals surface area contributed by atoms with Crippen molar-refractivity contribution in [2.75, 3.05) is 10.6 Å². The molecule has 4 N–H and O–H groups in total. The van der Waals surface area contributed by atoms with Crippen LogP contribution in [0.2, 0.25) is 10.0 Å². The van der Waals surface area contributed by atoms with E-state index >= 15 is 0 Å². The molecule has 0 spiro atoms. The second-order valence-electron chi connectivity index (χ2n) is 8.67. The van der Waals surface area contributed by atoms with E-state index in [1.807, 2.05) is 0 Å². The summed E-state index contributed by atoms with van der Waals surface area (Å²) < 4.78 is 0. The summed E-state index contributed by atoms with van der Waals surface area (Å²) in [6, 6.07) is 2.81. The molecule has 0 saturated carbocycles. The Bertz CT molecular complexity index is 869. The number of halogens is 2. The normalized spacial score (nSPS) is 20.6. The summed E-state index contributed by atoms with van der Waals surface area (Å²) in [5.74, 6) is -2.32. The quantitative estimate of drug-likeness (QED) is 0.494. The molecule has 1 aromatic carbocycles. The maximum Gasteiger partial charge on any atom is 0.249 e. The van der Waals surface area contributed by atoms with Gasteiger partial charge in [-0.25, -0.2) is 0 Å². The first-order valence-corrected chi connectivity index (χ1v) is 10.7. The third-order valence-electron chi connectivity index (χ3n) is 5.62. The van der Waals surface area contributed by atoms with Gasteiger partial charge in [-0.3, -0.25) is 19.2 Å². The lowest BCUT2D eigenvalue weighted by Crippen LogP contribution is -2.62. The summed E-state index contributed by atoms with van der Waals surface area (Å²) >= 11 is 12.2. The van der Waals surface area contributed by atoms with Gasteiger partial charge in [-0.05, 0) is 52.7 Å². The van der Waals surface area contributed by atoms with Gasteiger partial charge in [0.2, 0.25) is 23.6 Å². The van der Waals surface area contributed by atoms with E-state index in [1.165, 1.54) is 39.8 Å². The zero-order chi connectivity index (χ0) is 23.8. The molecule has 0 bridgehead atoms. The van der Waals surface area contributed by atoms with Crippen LogP contribution < -0.4 is 21.3 Å². The Labute approximate surface area is 191 Å². The lowest BCUT2D eigenvalue weighted by molar-refractivity contribution is -0.148. The van der Waals surface area contributed by atoms with Gasteiger partial charge in [0.15, 0.2) is 0 Å². The van der Waals surface area contributed by atoms with Crippen molar-refractivity contribution in [3.63, 3.8) is 0 Å². The van der Waals surface area contributed by atoms with Crippen molar-refractivity contribution < 1.29 is 19.2 Å². The maximum absolute atomic E-state index is 13.2. The van der Waals surface area contributed by atoms with E-state index in [9.17, 15) is 19.2 Å². The van der Waals surface area contributed by atoms with Crippen LogP contribution in [0.4, 0.5) is 11.4 Å². The maximum atomic E-state index is 13.2. The molecule has 170 valence electrons. The first-order chi connectivity index (χ1) is 14.2. The molecule has 0 atom stereocenters. The van der Waals surface area contributed by atoms with E-state index in [0.717, 1.165) is 0 Å². The average molecular weight is 471 g/mol. The van der Waals surface area contributed by atoms with Crippen LogP contribution in [0.25, 0.3) is 0 Å². The highest BCUT2D eigenvalue weighted by Gasteiger charge is 2.48. The minimum absolute atomic E-state index is 0.171. The third kappa shape index (κ3) is 4.80. The number of amides is 4. The summed E-state index contributed by atoms with van der Waals surface area (Å²) in [5, 5.41) is 11.1. The Hall–Kier alpha value is -2.32. The van der Waals surface area contributed by atoms with Gasteiger partial charge in [-0.15, -0.1) is 0 Å². The largest absolute Gasteiger partial charge is 0.341 e. The standard InChI is InChI=1S/C21H28Cl2N4O4/c1-7-21(8-2)17(30)26-19(3,4)15(28)24-13-9-11(22)12(23)10-14(13)25-16(29)20(5,6)27-18(21)31/h9-10H,7-8H2,1-6H3,(H,24,28)(H,25,29)(H,26,30)(H,27,31). The minimum Gasteiger partial charge on any atom is -0.341 e. The Morgan fingerprint density at radius 1 is 0.677 bits per heavy atom. The number of fused-ring (bicyclic) bond motifs is 1. The first kappa shape index (κ1) is 24.9. The summed E-state index contributed by atoms with van der Waals surface area (Å²) in [6.07, 6.45) is 0.365. The van der Waals surface area contributed by atoms with Gasteiger partial charge in [0.25, 0.3) is 0 Å². The Balaban J connectivity index is 2.67. The monoisotopic (exact) mass is 470 g/mol. The molecule has 31 heavy (non-hydrogen) atoms. The predicted molar refractivity (Wildman–Crippen MR) is 121 cm³/mol. The minimum atomic E-state index is -1.46. The zero-order valence-electron chi connectivity index (χ0n) is 18.5. The van der Waals surface area contributed by atoms with Crippen molar-refractivity contribution in [1.29, 1.82) is 0 Å². The molecule has 0 saturated heterocycles. The van der Waals surface area contributed by atoms with Gasteiger partial charge in [0, 0.05) is 0 Å². The van der Waals surface area contributed by atoms with Crippen LogP contribution in [-0.4, -0.2) is 34.7 Å². The molecule has 1 heterocycles. The van der Waals surface area contributed by atoms with Crippen molar-refractivity contribution in [3.05, 3.63) is 22.2 Å². The summed E-state index contributed by atoms with van der Waals surface area (Å²) in [7, 11) is 0. The number of anilines is 2. The van der Waals surface area contributed by atoms with Gasteiger partial charge in [0.1, 0.15) is 16.5 Å². The highest BCUT2D eigenvalue weighted by molar-refractivity contribution is 6.42. The smallest absolute Gasteiger partial charge is 0.249 e. The lowest BCUT2D eigenvalue weighted by Gasteiger charge is -2.35. The number of hydrogen-bond acceptors (Lipinski definition) is 4. The molecular weight excluding hydrogens is 443 g/mol. The highest BCUT2D eigenvalue weighted by Crippen LogP contribution is 2.35. The molecule has 10 heteroatoms. The molecule has 1 aliphatic heterocycles. The van der Waals surface area contributed by atoms with Gasteiger partial charge < -0.3 is 21.3 Å². The molecule has 1 aromatic rings. The van der Waals surface area contributed by atoms with Crippen molar-refractivity contribution in [2.24, 2.45) is 5.41 Å². The van der Waals surface area contributed by atoms with Gasteiger partial charge in [-0.1, -0.05) is 37.0 Å². The van der Waals surface area contributed by atoms with Crippen molar-refractivity contribution in [3.8, 4) is 0 Å². The van der Waals surface area contributed by atoms with Crippen molar-refractivity contribution in [1.82, 2.24) is 10.6 Å². The van der Waals surface area contributed by atoms with E-state index in [4.69, 9.17) is 23.2 Å². The summed E-state index contributed by atoms with van der Waals surface area (Å²) in [4.78, 5) is 52.4. The highest BCUT2D eigenvalue weighted by atomic mass is 35.5. The average Bonchev–Trinajstić information content (AvgIpc) is 2.65. The van der Waals surface area contributed by atoms with E-state index in [1.54, 1.807) is 13.8 Å². The van der Waals surface area contributed by atoms with E-state index in [-0.39, 0.29) is 34.3 Å². The molecule has 0 aliphatic carbocycles. The molecule has 8 nitrogen and oxygen atoms in total. The molecule has 4 amide bonds. The SMILES string of the molecule is CCC1(CC)C(=O)NC(C)(C)C(=O)Nc2cc(Cl)c(Cl)cc2NC(=O)C(C)(C)NC1=O. The Kier molecular flexibility index (Phi) is 6.97. The Morgan fingerprint density at radius 3 is 1.29 bits per heavy atom. The number of rotatable bonds is 2. The molecule has 0 fully saturated rings. The Morgan fingerprint density at radius 2 is 1.00 bits per heavy atom. The van der Waals surface area contributed by atoms with Crippen molar-refractivity contribution in [2.45, 2.75) is 65.5 Å². The fraction of sp³-hybridized carbons (Fsp3) is 0.524. The lowest BCUT2D eigenvalue weighted by atomic mass is 9.78. The topological polar surface area (TPSA) is 116 Å². The van der Waals surface area contributed by atoms with Gasteiger partial charge in [0.05, 0.1) is 21.4 Å². The first-order valence-electron chi connectivity index (χ1n) is 9.97. The van der Waals surface area contributed by atoms with E-state index in [0.29, 0.717) is 0 Å². The van der Waals surface area contributed by atoms with Crippen LogP contribution in [0.15, 0.2) is 12.1 Å². The van der Waals surface area contributed by atoms with Crippen LogP contribution in [0.1, 0.15) is 54.4 Å². The predicted octanol–water partition coefficient (Wildman–Crippen LogP) is 3.48. The van der Waals surface area contributed by atoms with Crippen LogP contribution in [0.3, 0.4) is 0 Å². The zero-order valence-corrected chi connectivity index (χ0v) is 20.0. The second kappa shape index (κ2) is 8.67. The van der Waals surface area contributed by atoms with Crippen molar-refractivity contribution >= 4 is 58.2 Å². The summed E-state index contributed by atoms with van der Waals surface area (Å²) in [5.41, 5.74) is -3.79. The molecule has 0 unspecified atom stereocenters. The van der Waals surface area contributed by atoms with Crippen LogP contribution in [0, 0.1) is 5.41 Å². The number of carbonyl (C=O) groups is 4. The molecule has 1 aliphatic rings. The molecule has 0 aromatic heterocycles. The van der Waals surface area contributed by atoms with Gasteiger partial charge in [-0.2, -0.15) is 0 Å². The summed E-state index contributed by atoms with van der Waals surface area (Å²) in [6.45, 7) is 9.50. The molecular formula is C21H28Cl2N4O4. The third-order valence-corrected chi connectivity index (χ3v) is 6.34. The fourth-order valence-electron chi connectivity index (χ4n) is 3.23. The number of nitrogens with one attached hydrogen (secondary N) is 4. The number of benzene rings is 1. The van der Waals surface area contributed by atoms with Crippen LogP contribution in [0.5, 0.6) is 0 Å². The number of carbonyl (C=O) groups excluding carboxylic acids is 4. The molecule has 2 rings (SSSR count).